The first-order valence-electron chi connectivity index (χ1n) is 6.42. The third-order valence-electron chi connectivity index (χ3n) is 2.67. The van der Waals surface area contributed by atoms with Crippen molar-refractivity contribution in [2.75, 3.05) is 18.5 Å². The Morgan fingerprint density at radius 2 is 2.17 bits per heavy atom. The molecule has 1 atom stereocenters. The molecule has 102 valence electrons. The molecule has 0 bridgehead atoms. The Balaban J connectivity index is 2.77. The normalized spacial score (nSPS) is 14.3. The summed E-state index contributed by atoms with van der Waals surface area (Å²) >= 11 is 0. The van der Waals surface area contributed by atoms with Crippen molar-refractivity contribution < 1.29 is 4.74 Å². The van der Waals surface area contributed by atoms with Gasteiger partial charge in [0.1, 0.15) is 12.1 Å². The Hall–Kier alpha value is -1.36. The van der Waals surface area contributed by atoms with Gasteiger partial charge in [-0.05, 0) is 26.2 Å². The molecule has 0 spiro atoms. The number of nitrogens with one attached hydrogen (secondary N) is 1. The molecule has 5 nitrogen and oxygen atoms in total. The topological polar surface area (TPSA) is 73.1 Å². The number of nitrogens with zero attached hydrogens (tertiary/aromatic N) is 2. The van der Waals surface area contributed by atoms with Crippen molar-refractivity contribution >= 4 is 5.82 Å². The van der Waals surface area contributed by atoms with Crippen LogP contribution < -0.4 is 15.8 Å². The number of anilines is 1. The monoisotopic (exact) mass is 252 g/mol. The van der Waals surface area contributed by atoms with E-state index in [1.807, 2.05) is 6.92 Å². The van der Waals surface area contributed by atoms with E-state index in [0.29, 0.717) is 24.9 Å². The van der Waals surface area contributed by atoms with E-state index < -0.39 is 0 Å². The average Bonchev–Trinajstić information content (AvgIpc) is 2.28. The van der Waals surface area contributed by atoms with Gasteiger partial charge in [-0.3, -0.25) is 0 Å². The van der Waals surface area contributed by atoms with Gasteiger partial charge in [-0.2, -0.15) is 0 Å². The number of aromatic nitrogens is 2. The van der Waals surface area contributed by atoms with Crippen LogP contribution in [-0.2, 0) is 0 Å². The molecule has 0 aromatic carbocycles. The van der Waals surface area contributed by atoms with Crippen molar-refractivity contribution in [2.24, 2.45) is 11.7 Å². The van der Waals surface area contributed by atoms with Crippen LogP contribution in [0.4, 0.5) is 5.82 Å². The van der Waals surface area contributed by atoms with Crippen LogP contribution in [-0.4, -0.2) is 28.7 Å². The highest BCUT2D eigenvalue weighted by Crippen LogP contribution is 2.21. The highest BCUT2D eigenvalue weighted by molar-refractivity contribution is 5.40. The van der Waals surface area contributed by atoms with Crippen molar-refractivity contribution in [3.05, 3.63) is 12.4 Å². The van der Waals surface area contributed by atoms with Crippen LogP contribution >= 0.6 is 0 Å². The van der Waals surface area contributed by atoms with E-state index in [1.54, 1.807) is 6.07 Å². The first-order chi connectivity index (χ1) is 8.49. The highest BCUT2D eigenvalue weighted by Gasteiger charge is 2.24. The average molecular weight is 252 g/mol. The van der Waals surface area contributed by atoms with Gasteiger partial charge in [0.05, 0.1) is 6.61 Å². The Kier molecular flexibility index (Phi) is 5.34. The molecule has 0 amide bonds. The summed E-state index contributed by atoms with van der Waals surface area (Å²) in [5.41, 5.74) is 5.70. The van der Waals surface area contributed by atoms with Crippen molar-refractivity contribution in [2.45, 2.75) is 39.7 Å². The summed E-state index contributed by atoms with van der Waals surface area (Å²) in [6, 6.07) is 1.80. The van der Waals surface area contributed by atoms with Gasteiger partial charge in [0.25, 0.3) is 0 Å². The van der Waals surface area contributed by atoms with Crippen LogP contribution in [0.3, 0.4) is 0 Å². The fourth-order valence-corrected chi connectivity index (χ4v) is 2.03. The first kappa shape index (κ1) is 14.7. The molecule has 0 aliphatic carbocycles. The van der Waals surface area contributed by atoms with E-state index in [4.69, 9.17) is 10.5 Å². The summed E-state index contributed by atoms with van der Waals surface area (Å²) < 4.78 is 5.35. The standard InChI is InChI=1S/C13H24N4O/c1-5-18-12-6-11(15-9-16-12)17-13(4,8-14)7-10(2)3/h6,9-10H,5,7-8,14H2,1-4H3,(H,15,16,17). The van der Waals surface area contributed by atoms with Crippen molar-refractivity contribution in [1.82, 2.24) is 9.97 Å². The molecule has 0 aliphatic heterocycles. The lowest BCUT2D eigenvalue weighted by molar-refractivity contribution is 0.326. The molecule has 3 N–H and O–H groups in total. The quantitative estimate of drug-likeness (QED) is 0.777. The van der Waals surface area contributed by atoms with Crippen molar-refractivity contribution in [3.8, 4) is 5.88 Å². The van der Waals surface area contributed by atoms with E-state index in [1.165, 1.54) is 6.33 Å². The zero-order valence-electron chi connectivity index (χ0n) is 11.7. The van der Waals surface area contributed by atoms with Gasteiger partial charge >= 0.3 is 0 Å². The largest absolute Gasteiger partial charge is 0.478 e. The van der Waals surface area contributed by atoms with Gasteiger partial charge in [-0.25, -0.2) is 9.97 Å². The SMILES string of the molecule is CCOc1cc(NC(C)(CN)CC(C)C)ncn1. The second-order valence-electron chi connectivity index (χ2n) is 5.16. The van der Waals surface area contributed by atoms with Crippen molar-refractivity contribution in [1.29, 1.82) is 0 Å². The van der Waals surface area contributed by atoms with E-state index in [0.717, 1.165) is 12.2 Å². The second kappa shape index (κ2) is 6.54. The van der Waals surface area contributed by atoms with Gasteiger partial charge in [0.15, 0.2) is 0 Å². The van der Waals surface area contributed by atoms with Gasteiger partial charge in [-0.1, -0.05) is 13.8 Å². The lowest BCUT2D eigenvalue weighted by atomic mass is 9.91. The summed E-state index contributed by atoms with van der Waals surface area (Å²) in [4.78, 5) is 8.25. The van der Waals surface area contributed by atoms with E-state index in [9.17, 15) is 0 Å². The number of ether oxygens (including phenoxy) is 1. The van der Waals surface area contributed by atoms with E-state index in [-0.39, 0.29) is 5.54 Å². The maximum absolute atomic E-state index is 5.86. The van der Waals surface area contributed by atoms with Crippen LogP contribution in [0.1, 0.15) is 34.1 Å². The molecule has 0 radical (unpaired) electrons. The predicted molar refractivity (Wildman–Crippen MR) is 73.7 cm³/mol. The Morgan fingerprint density at radius 3 is 2.72 bits per heavy atom. The molecule has 1 unspecified atom stereocenters. The number of hydrogen-bond acceptors (Lipinski definition) is 5. The molecule has 1 heterocycles. The summed E-state index contributed by atoms with van der Waals surface area (Å²) in [7, 11) is 0. The summed E-state index contributed by atoms with van der Waals surface area (Å²) in [6.45, 7) is 9.55. The minimum Gasteiger partial charge on any atom is -0.478 e. The third kappa shape index (κ3) is 4.49. The Bertz CT molecular complexity index is 370. The predicted octanol–water partition coefficient (Wildman–Crippen LogP) is 2.05. The van der Waals surface area contributed by atoms with Crippen LogP contribution in [0.2, 0.25) is 0 Å². The maximum Gasteiger partial charge on any atom is 0.218 e. The molecular formula is C13H24N4O. The molecule has 5 heteroatoms. The zero-order valence-corrected chi connectivity index (χ0v) is 11.7. The molecule has 18 heavy (non-hydrogen) atoms. The van der Waals surface area contributed by atoms with Crippen LogP contribution in [0.25, 0.3) is 0 Å². The minimum absolute atomic E-state index is 0.161. The van der Waals surface area contributed by atoms with E-state index >= 15 is 0 Å². The Labute approximate surface area is 109 Å². The van der Waals surface area contributed by atoms with Gasteiger partial charge in [0.2, 0.25) is 5.88 Å². The summed E-state index contributed by atoms with van der Waals surface area (Å²) in [5, 5.41) is 3.38. The lowest BCUT2D eigenvalue weighted by Crippen LogP contribution is -2.43. The Morgan fingerprint density at radius 1 is 1.44 bits per heavy atom. The number of rotatable bonds is 7. The molecular weight excluding hydrogens is 228 g/mol. The summed E-state index contributed by atoms with van der Waals surface area (Å²) in [5.74, 6) is 1.90. The minimum atomic E-state index is -0.161. The van der Waals surface area contributed by atoms with Gasteiger partial charge < -0.3 is 15.8 Å². The fourth-order valence-electron chi connectivity index (χ4n) is 2.03. The third-order valence-corrected chi connectivity index (χ3v) is 2.67. The second-order valence-corrected chi connectivity index (χ2v) is 5.16. The molecule has 0 saturated heterocycles. The number of nitrogens with two attached hydrogens (primary N) is 1. The fraction of sp³-hybridized carbons (Fsp3) is 0.692. The zero-order chi connectivity index (χ0) is 13.6. The smallest absolute Gasteiger partial charge is 0.218 e. The first-order valence-corrected chi connectivity index (χ1v) is 6.42. The van der Waals surface area contributed by atoms with E-state index in [2.05, 4.69) is 36.1 Å². The highest BCUT2D eigenvalue weighted by atomic mass is 16.5. The molecule has 1 aromatic rings. The number of hydrogen-bond donors (Lipinski definition) is 2. The van der Waals surface area contributed by atoms with Gasteiger partial charge in [-0.15, -0.1) is 0 Å². The molecule has 1 aromatic heterocycles. The lowest BCUT2D eigenvalue weighted by Gasteiger charge is -2.31. The molecule has 0 fully saturated rings. The van der Waals surface area contributed by atoms with Crippen LogP contribution in [0.5, 0.6) is 5.88 Å². The maximum atomic E-state index is 5.86. The molecule has 0 aliphatic rings. The van der Waals surface area contributed by atoms with Crippen molar-refractivity contribution in [3.63, 3.8) is 0 Å². The summed E-state index contributed by atoms with van der Waals surface area (Å²) in [6.07, 6.45) is 2.48. The van der Waals surface area contributed by atoms with Crippen LogP contribution in [0.15, 0.2) is 12.4 Å². The molecule has 1 rings (SSSR count). The van der Waals surface area contributed by atoms with Crippen LogP contribution in [0, 0.1) is 5.92 Å². The molecule has 0 saturated carbocycles. The van der Waals surface area contributed by atoms with Gasteiger partial charge in [0, 0.05) is 18.2 Å².